The number of aryl methyl sites for hydroxylation is 2. The van der Waals surface area contributed by atoms with Gasteiger partial charge in [0, 0.05) is 11.9 Å². The lowest BCUT2D eigenvalue weighted by atomic mass is 10.2. The maximum absolute atomic E-state index is 11.8. The Morgan fingerprint density at radius 1 is 1.41 bits per heavy atom. The molecular formula is C11H20ClN3OS. The molecule has 0 bridgehead atoms. The van der Waals surface area contributed by atoms with Crippen LogP contribution in [0.2, 0.25) is 0 Å². The lowest BCUT2D eigenvalue weighted by molar-refractivity contribution is -0.132. The zero-order valence-corrected chi connectivity index (χ0v) is 12.5. The molecule has 2 atom stereocenters. The number of carbonyl (C=O) groups is 1. The van der Waals surface area contributed by atoms with Crippen LogP contribution in [0.5, 0.6) is 0 Å². The second kappa shape index (κ2) is 6.33. The second-order valence-corrected chi connectivity index (χ2v) is 5.33. The molecule has 0 aliphatic heterocycles. The van der Waals surface area contributed by atoms with E-state index in [0.717, 1.165) is 15.6 Å². The molecule has 98 valence electrons. The van der Waals surface area contributed by atoms with E-state index >= 15 is 0 Å². The summed E-state index contributed by atoms with van der Waals surface area (Å²) < 4.78 is 0. The van der Waals surface area contributed by atoms with Gasteiger partial charge in [0.1, 0.15) is 0 Å². The molecule has 0 spiro atoms. The minimum atomic E-state index is -0.457. The quantitative estimate of drug-likeness (QED) is 0.920. The fraction of sp³-hybridized carbons (Fsp3) is 0.636. The monoisotopic (exact) mass is 277 g/mol. The Labute approximate surface area is 113 Å². The van der Waals surface area contributed by atoms with Gasteiger partial charge in [-0.15, -0.1) is 23.7 Å². The van der Waals surface area contributed by atoms with Crippen molar-refractivity contribution in [2.75, 3.05) is 7.05 Å². The number of rotatable bonds is 3. The number of amides is 1. The summed E-state index contributed by atoms with van der Waals surface area (Å²) in [7, 11) is 1.78. The van der Waals surface area contributed by atoms with Crippen LogP contribution in [0.1, 0.15) is 35.5 Å². The first-order valence-corrected chi connectivity index (χ1v) is 6.12. The van der Waals surface area contributed by atoms with Crippen molar-refractivity contribution in [1.29, 1.82) is 0 Å². The highest BCUT2D eigenvalue weighted by Crippen LogP contribution is 2.28. The summed E-state index contributed by atoms with van der Waals surface area (Å²) in [5.41, 5.74) is 6.59. The van der Waals surface area contributed by atoms with Gasteiger partial charge in [-0.25, -0.2) is 4.98 Å². The molecule has 2 N–H and O–H groups in total. The Morgan fingerprint density at radius 3 is 2.29 bits per heavy atom. The van der Waals surface area contributed by atoms with E-state index in [1.165, 1.54) is 0 Å². The molecule has 6 heteroatoms. The Morgan fingerprint density at radius 2 is 1.94 bits per heavy atom. The van der Waals surface area contributed by atoms with Gasteiger partial charge in [-0.1, -0.05) is 0 Å². The summed E-state index contributed by atoms with van der Waals surface area (Å²) in [4.78, 5) is 18.9. The lowest BCUT2D eigenvalue weighted by Gasteiger charge is -2.26. The highest BCUT2D eigenvalue weighted by molar-refractivity contribution is 7.11. The first-order valence-electron chi connectivity index (χ1n) is 5.30. The van der Waals surface area contributed by atoms with Crippen molar-refractivity contribution in [3.63, 3.8) is 0 Å². The molecule has 0 fully saturated rings. The SMILES string of the molecule is Cc1nc(C)c(C(C)N(C)C(=O)C(C)N)s1.Cl. The molecule has 0 aliphatic rings. The summed E-state index contributed by atoms with van der Waals surface area (Å²) in [6, 6.07) is -0.425. The molecule has 0 aromatic carbocycles. The average molecular weight is 278 g/mol. The third-order valence-electron chi connectivity index (χ3n) is 2.64. The number of thiazole rings is 1. The predicted octanol–water partition coefficient (Wildman–Crippen LogP) is 2.05. The first kappa shape index (κ1) is 16.4. The van der Waals surface area contributed by atoms with Crippen LogP contribution in [0, 0.1) is 13.8 Å². The van der Waals surface area contributed by atoms with E-state index in [1.807, 2.05) is 20.8 Å². The smallest absolute Gasteiger partial charge is 0.239 e. The molecule has 0 aliphatic carbocycles. The largest absolute Gasteiger partial charge is 0.337 e. The number of nitrogens with zero attached hydrogens (tertiary/aromatic N) is 2. The first-order chi connectivity index (χ1) is 7.34. The molecule has 4 nitrogen and oxygen atoms in total. The van der Waals surface area contributed by atoms with Gasteiger partial charge in [-0.3, -0.25) is 4.79 Å². The van der Waals surface area contributed by atoms with E-state index in [-0.39, 0.29) is 24.4 Å². The van der Waals surface area contributed by atoms with Crippen LogP contribution in [0.3, 0.4) is 0 Å². The van der Waals surface area contributed by atoms with Crippen molar-refractivity contribution in [1.82, 2.24) is 9.88 Å². The normalized spacial score (nSPS) is 13.8. The molecule has 1 amide bonds. The number of hydrogen-bond donors (Lipinski definition) is 1. The van der Waals surface area contributed by atoms with Crippen LogP contribution >= 0.6 is 23.7 Å². The molecule has 0 saturated heterocycles. The maximum Gasteiger partial charge on any atom is 0.239 e. The third-order valence-corrected chi connectivity index (χ3v) is 3.88. The van der Waals surface area contributed by atoms with Gasteiger partial charge in [-0.2, -0.15) is 0 Å². The van der Waals surface area contributed by atoms with Gasteiger partial charge in [0.2, 0.25) is 5.91 Å². The number of halogens is 1. The van der Waals surface area contributed by atoms with Crippen LogP contribution in [-0.2, 0) is 4.79 Å². The van der Waals surface area contributed by atoms with Crippen LogP contribution < -0.4 is 5.73 Å². The van der Waals surface area contributed by atoms with Crippen molar-refractivity contribution >= 4 is 29.7 Å². The molecule has 0 radical (unpaired) electrons. The fourth-order valence-corrected chi connectivity index (χ4v) is 2.65. The summed E-state index contributed by atoms with van der Waals surface area (Å²) >= 11 is 1.63. The van der Waals surface area contributed by atoms with Gasteiger partial charge >= 0.3 is 0 Å². The Hall–Kier alpha value is -0.650. The molecule has 1 heterocycles. The molecule has 17 heavy (non-hydrogen) atoms. The van der Waals surface area contributed by atoms with E-state index in [4.69, 9.17) is 5.73 Å². The number of hydrogen-bond acceptors (Lipinski definition) is 4. The van der Waals surface area contributed by atoms with E-state index in [0.29, 0.717) is 0 Å². The molecular weight excluding hydrogens is 258 g/mol. The molecule has 1 rings (SSSR count). The lowest BCUT2D eigenvalue weighted by Crippen LogP contribution is -2.40. The van der Waals surface area contributed by atoms with Crippen molar-refractivity contribution < 1.29 is 4.79 Å². The fourth-order valence-electron chi connectivity index (χ4n) is 1.62. The molecule has 2 unspecified atom stereocenters. The summed E-state index contributed by atoms with van der Waals surface area (Å²) in [6.45, 7) is 7.65. The number of nitrogens with two attached hydrogens (primary N) is 1. The molecule has 1 aromatic heterocycles. The highest BCUT2D eigenvalue weighted by atomic mass is 35.5. The minimum absolute atomic E-state index is 0. The van der Waals surface area contributed by atoms with Crippen molar-refractivity contribution in [3.8, 4) is 0 Å². The van der Waals surface area contributed by atoms with Gasteiger partial charge in [0.05, 0.1) is 22.8 Å². The van der Waals surface area contributed by atoms with Crippen LogP contribution in [0.4, 0.5) is 0 Å². The van der Waals surface area contributed by atoms with E-state index in [9.17, 15) is 4.79 Å². The van der Waals surface area contributed by atoms with E-state index in [2.05, 4.69) is 4.98 Å². The zero-order valence-electron chi connectivity index (χ0n) is 10.9. The summed E-state index contributed by atoms with van der Waals surface area (Å²) in [5.74, 6) is -0.0436. The van der Waals surface area contributed by atoms with E-state index in [1.54, 1.807) is 30.2 Å². The topological polar surface area (TPSA) is 59.2 Å². The zero-order chi connectivity index (χ0) is 12.5. The van der Waals surface area contributed by atoms with E-state index < -0.39 is 6.04 Å². The summed E-state index contributed by atoms with van der Waals surface area (Å²) in [5, 5.41) is 1.03. The van der Waals surface area contributed by atoms with Crippen molar-refractivity contribution in [2.24, 2.45) is 5.73 Å². The minimum Gasteiger partial charge on any atom is -0.337 e. The molecule has 0 saturated carbocycles. The Balaban J connectivity index is 0.00000256. The maximum atomic E-state index is 11.8. The highest BCUT2D eigenvalue weighted by Gasteiger charge is 2.23. The molecule has 1 aromatic rings. The Bertz CT molecular complexity index is 392. The van der Waals surface area contributed by atoms with Crippen LogP contribution in [-0.4, -0.2) is 28.9 Å². The van der Waals surface area contributed by atoms with Crippen LogP contribution in [0.15, 0.2) is 0 Å². The number of likely N-dealkylation sites (N-methyl/N-ethyl adjacent to an activating group) is 1. The van der Waals surface area contributed by atoms with Gasteiger partial charge in [0.25, 0.3) is 0 Å². The second-order valence-electron chi connectivity index (χ2n) is 4.10. The average Bonchev–Trinajstić information content (AvgIpc) is 2.54. The van der Waals surface area contributed by atoms with Gasteiger partial charge < -0.3 is 10.6 Å². The van der Waals surface area contributed by atoms with Gasteiger partial charge in [-0.05, 0) is 27.7 Å². The van der Waals surface area contributed by atoms with Crippen molar-refractivity contribution in [3.05, 3.63) is 15.6 Å². The number of aromatic nitrogens is 1. The standard InChI is InChI=1S/C11H19N3OS.ClH/c1-6(12)11(15)14(5)8(3)10-7(2)13-9(4)16-10;/h6,8H,12H2,1-5H3;1H. The summed E-state index contributed by atoms with van der Waals surface area (Å²) in [6.07, 6.45) is 0. The third kappa shape index (κ3) is 3.66. The number of carbonyl (C=O) groups excluding carboxylic acids is 1. The van der Waals surface area contributed by atoms with Crippen molar-refractivity contribution in [2.45, 2.75) is 39.8 Å². The Kier molecular flexibility index (Phi) is 6.09. The van der Waals surface area contributed by atoms with Gasteiger partial charge in [0.15, 0.2) is 0 Å². The van der Waals surface area contributed by atoms with Crippen LogP contribution in [0.25, 0.3) is 0 Å². The predicted molar refractivity (Wildman–Crippen MR) is 73.7 cm³/mol.